The van der Waals surface area contributed by atoms with Crippen molar-refractivity contribution in [1.82, 2.24) is 29.4 Å². The number of rotatable bonds is 9. The monoisotopic (exact) mass is 436 g/mol. The minimum Gasteiger partial charge on any atom is -0.367 e. The number of aromatic nitrogens is 5. The first-order valence-corrected chi connectivity index (χ1v) is 11.4. The summed E-state index contributed by atoms with van der Waals surface area (Å²) in [5.74, 6) is 1.89. The molecule has 0 atom stereocenters. The molecule has 4 aromatic rings. The summed E-state index contributed by atoms with van der Waals surface area (Å²) in [6.45, 7) is 10.6. The SMILES string of the molecule is CC(C)N(CCNc1nc(Nc2ccccn2)nc2c1ncn2-c1ccsc1)C(C)C. The van der Waals surface area contributed by atoms with Crippen molar-refractivity contribution < 1.29 is 0 Å². The van der Waals surface area contributed by atoms with Gasteiger partial charge in [-0.05, 0) is 51.3 Å². The Kier molecular flexibility index (Phi) is 6.43. The molecule has 31 heavy (non-hydrogen) atoms. The lowest BCUT2D eigenvalue weighted by atomic mass is 10.2. The van der Waals surface area contributed by atoms with Crippen LogP contribution in [0.5, 0.6) is 0 Å². The number of imidazole rings is 1. The van der Waals surface area contributed by atoms with Crippen molar-refractivity contribution in [3.63, 3.8) is 0 Å². The van der Waals surface area contributed by atoms with E-state index in [4.69, 9.17) is 9.97 Å². The van der Waals surface area contributed by atoms with Crippen molar-refractivity contribution in [1.29, 1.82) is 0 Å². The van der Waals surface area contributed by atoms with E-state index in [1.54, 1.807) is 23.9 Å². The molecule has 162 valence electrons. The van der Waals surface area contributed by atoms with Crippen molar-refractivity contribution in [2.24, 2.45) is 0 Å². The molecule has 0 aliphatic rings. The molecular formula is C22H28N8S. The highest BCUT2D eigenvalue weighted by Gasteiger charge is 2.17. The standard InChI is InChI=1S/C22H28N8S/c1-15(2)29(16(3)4)11-10-24-20-19-21(30(14-25-19)17-8-12-31-13-17)28-22(27-20)26-18-7-5-6-9-23-18/h5-9,12-16H,10-11H2,1-4H3,(H2,23,24,26,27,28). The average molecular weight is 437 g/mol. The minimum absolute atomic E-state index is 0.478. The van der Waals surface area contributed by atoms with Crippen LogP contribution in [-0.2, 0) is 0 Å². The molecule has 2 N–H and O–H groups in total. The van der Waals surface area contributed by atoms with Crippen LogP contribution in [-0.4, -0.2) is 54.6 Å². The first-order chi connectivity index (χ1) is 15.0. The van der Waals surface area contributed by atoms with Crippen LogP contribution < -0.4 is 10.6 Å². The van der Waals surface area contributed by atoms with E-state index in [1.165, 1.54) is 0 Å². The van der Waals surface area contributed by atoms with Gasteiger partial charge in [0, 0.05) is 36.8 Å². The molecular weight excluding hydrogens is 408 g/mol. The number of fused-ring (bicyclic) bond motifs is 1. The number of thiophene rings is 1. The summed E-state index contributed by atoms with van der Waals surface area (Å²) < 4.78 is 1.98. The Morgan fingerprint density at radius 3 is 2.58 bits per heavy atom. The molecule has 0 saturated heterocycles. The zero-order valence-corrected chi connectivity index (χ0v) is 19.1. The molecule has 4 aromatic heterocycles. The Morgan fingerprint density at radius 2 is 1.90 bits per heavy atom. The normalized spacial score (nSPS) is 11.7. The topological polar surface area (TPSA) is 83.8 Å². The number of nitrogens with one attached hydrogen (secondary N) is 2. The van der Waals surface area contributed by atoms with Gasteiger partial charge in [-0.3, -0.25) is 9.47 Å². The second-order valence-corrected chi connectivity index (χ2v) is 8.64. The fourth-order valence-electron chi connectivity index (χ4n) is 3.63. The number of hydrogen-bond donors (Lipinski definition) is 2. The Hall–Kier alpha value is -3.04. The zero-order valence-electron chi connectivity index (χ0n) is 18.3. The largest absolute Gasteiger partial charge is 0.367 e. The highest BCUT2D eigenvalue weighted by Crippen LogP contribution is 2.25. The first-order valence-electron chi connectivity index (χ1n) is 10.5. The van der Waals surface area contributed by atoms with Crippen LogP contribution in [0.1, 0.15) is 27.7 Å². The van der Waals surface area contributed by atoms with E-state index in [9.17, 15) is 0 Å². The van der Waals surface area contributed by atoms with E-state index >= 15 is 0 Å². The third-order valence-corrected chi connectivity index (χ3v) is 5.75. The van der Waals surface area contributed by atoms with Gasteiger partial charge in [-0.15, -0.1) is 0 Å². The van der Waals surface area contributed by atoms with Gasteiger partial charge in [0.25, 0.3) is 0 Å². The molecule has 0 saturated carbocycles. The van der Waals surface area contributed by atoms with Crippen molar-refractivity contribution >= 4 is 40.1 Å². The minimum atomic E-state index is 0.478. The fraction of sp³-hybridized carbons (Fsp3) is 0.364. The number of anilines is 3. The summed E-state index contributed by atoms with van der Waals surface area (Å²) in [5.41, 5.74) is 2.53. The predicted octanol–water partition coefficient (Wildman–Crippen LogP) is 4.55. The van der Waals surface area contributed by atoms with Gasteiger partial charge >= 0.3 is 0 Å². The van der Waals surface area contributed by atoms with Gasteiger partial charge in [0.15, 0.2) is 17.0 Å². The highest BCUT2D eigenvalue weighted by molar-refractivity contribution is 7.08. The Balaban J connectivity index is 1.66. The molecule has 0 radical (unpaired) electrons. The second kappa shape index (κ2) is 9.40. The van der Waals surface area contributed by atoms with E-state index in [0.29, 0.717) is 29.7 Å². The molecule has 0 aliphatic heterocycles. The molecule has 4 heterocycles. The summed E-state index contributed by atoms with van der Waals surface area (Å²) in [5, 5.41) is 10.8. The van der Waals surface area contributed by atoms with Gasteiger partial charge in [-0.25, -0.2) is 9.97 Å². The van der Waals surface area contributed by atoms with Crippen LogP contribution in [0, 0.1) is 0 Å². The Labute approximate surface area is 186 Å². The molecule has 0 spiro atoms. The molecule has 0 bridgehead atoms. The summed E-state index contributed by atoms with van der Waals surface area (Å²) in [7, 11) is 0. The van der Waals surface area contributed by atoms with E-state index in [0.717, 1.165) is 29.9 Å². The van der Waals surface area contributed by atoms with Crippen LogP contribution in [0.4, 0.5) is 17.6 Å². The molecule has 0 amide bonds. The van der Waals surface area contributed by atoms with E-state index in [-0.39, 0.29) is 0 Å². The lowest BCUT2D eigenvalue weighted by Gasteiger charge is -2.30. The molecule has 0 unspecified atom stereocenters. The van der Waals surface area contributed by atoms with Crippen LogP contribution in [0.25, 0.3) is 16.9 Å². The second-order valence-electron chi connectivity index (χ2n) is 7.86. The number of nitrogens with zero attached hydrogens (tertiary/aromatic N) is 6. The lowest BCUT2D eigenvalue weighted by molar-refractivity contribution is 0.182. The van der Waals surface area contributed by atoms with Crippen LogP contribution in [0.3, 0.4) is 0 Å². The van der Waals surface area contributed by atoms with Crippen LogP contribution in [0.15, 0.2) is 47.5 Å². The van der Waals surface area contributed by atoms with Gasteiger partial charge in [-0.1, -0.05) is 6.07 Å². The molecule has 0 aromatic carbocycles. The van der Waals surface area contributed by atoms with E-state index < -0.39 is 0 Å². The van der Waals surface area contributed by atoms with Gasteiger partial charge < -0.3 is 10.6 Å². The third-order valence-electron chi connectivity index (χ3n) is 5.07. The zero-order chi connectivity index (χ0) is 21.8. The summed E-state index contributed by atoms with van der Waals surface area (Å²) in [6.07, 6.45) is 3.54. The summed E-state index contributed by atoms with van der Waals surface area (Å²) >= 11 is 1.64. The maximum Gasteiger partial charge on any atom is 0.232 e. The Bertz CT molecular complexity index is 1100. The van der Waals surface area contributed by atoms with Crippen LogP contribution >= 0.6 is 11.3 Å². The van der Waals surface area contributed by atoms with Gasteiger partial charge in [0.1, 0.15) is 12.1 Å². The molecule has 8 nitrogen and oxygen atoms in total. The fourth-order valence-corrected chi connectivity index (χ4v) is 4.26. The smallest absolute Gasteiger partial charge is 0.232 e. The number of hydrogen-bond acceptors (Lipinski definition) is 8. The summed E-state index contributed by atoms with van der Waals surface area (Å²) in [6, 6.07) is 8.70. The quantitative estimate of drug-likeness (QED) is 0.398. The van der Waals surface area contributed by atoms with Gasteiger partial charge in [0.05, 0.1) is 5.69 Å². The van der Waals surface area contributed by atoms with Crippen LogP contribution in [0.2, 0.25) is 0 Å². The summed E-state index contributed by atoms with van der Waals surface area (Å²) in [4.78, 5) is 20.8. The van der Waals surface area contributed by atoms with Gasteiger partial charge in [0.2, 0.25) is 5.95 Å². The van der Waals surface area contributed by atoms with Crippen molar-refractivity contribution in [3.05, 3.63) is 47.5 Å². The number of pyridine rings is 1. The highest BCUT2D eigenvalue weighted by atomic mass is 32.1. The van der Waals surface area contributed by atoms with Crippen molar-refractivity contribution in [3.8, 4) is 5.69 Å². The van der Waals surface area contributed by atoms with Gasteiger partial charge in [-0.2, -0.15) is 21.3 Å². The average Bonchev–Trinajstić information content (AvgIpc) is 3.41. The van der Waals surface area contributed by atoms with E-state index in [1.807, 2.05) is 28.1 Å². The molecule has 4 rings (SSSR count). The first kappa shape index (κ1) is 21.2. The maximum absolute atomic E-state index is 4.74. The lowest BCUT2D eigenvalue weighted by Crippen LogP contribution is -2.40. The molecule has 9 heteroatoms. The maximum atomic E-state index is 4.74. The van der Waals surface area contributed by atoms with E-state index in [2.05, 4.69) is 64.6 Å². The van der Waals surface area contributed by atoms with Crippen molar-refractivity contribution in [2.75, 3.05) is 23.7 Å². The third kappa shape index (κ3) is 4.83. The van der Waals surface area contributed by atoms with Crippen molar-refractivity contribution in [2.45, 2.75) is 39.8 Å². The molecule has 0 aliphatic carbocycles. The molecule has 0 fully saturated rings. The Morgan fingerprint density at radius 1 is 1.06 bits per heavy atom. The predicted molar refractivity (Wildman–Crippen MR) is 128 cm³/mol.